The van der Waals surface area contributed by atoms with Crippen molar-refractivity contribution in [3.05, 3.63) is 0 Å². The van der Waals surface area contributed by atoms with Crippen LogP contribution in [0.4, 0.5) is 0 Å². The van der Waals surface area contributed by atoms with Gasteiger partial charge in [-0.2, -0.15) is 0 Å². The fourth-order valence-electron chi connectivity index (χ4n) is 5.62. The minimum Gasteiger partial charge on any atom is -0.343 e. The molecule has 3 aliphatic rings. The lowest BCUT2D eigenvalue weighted by Gasteiger charge is -2.42. The average Bonchev–Trinajstić information content (AvgIpc) is 2.79. The second-order valence-corrected chi connectivity index (χ2v) is 11.2. The monoisotopic (exact) mass is 462 g/mol. The van der Waals surface area contributed by atoms with Crippen molar-refractivity contribution in [3.63, 3.8) is 0 Å². The zero-order valence-corrected chi connectivity index (χ0v) is 21.4. The molecule has 3 fully saturated rings. The van der Waals surface area contributed by atoms with Gasteiger partial charge in [0.2, 0.25) is 17.7 Å². The third kappa shape index (κ3) is 7.17. The van der Waals surface area contributed by atoms with Gasteiger partial charge in [0.25, 0.3) is 0 Å². The maximum atomic E-state index is 13.6. The molecule has 3 saturated heterocycles. The smallest absolute Gasteiger partial charge is 0.245 e. The molecule has 1 unspecified atom stereocenters. The molecule has 3 amide bonds. The highest BCUT2D eigenvalue weighted by Gasteiger charge is 2.39. The van der Waals surface area contributed by atoms with Crippen LogP contribution in [0.25, 0.3) is 0 Å². The standard InChI is InChI=1S/C26H46N4O3/c1-19(2)16-22-25(32)30(15-10-27-22)23(17-20(3)4)26(33)29-13-8-21(9-14-29)18-24(31)28-11-6-5-7-12-28/h19-23,27H,5-18H2,1-4H3/t22-,23?/m0/s1. The van der Waals surface area contributed by atoms with E-state index in [2.05, 4.69) is 33.0 Å². The molecule has 2 atom stereocenters. The van der Waals surface area contributed by atoms with Crippen molar-refractivity contribution in [2.45, 2.75) is 91.1 Å². The van der Waals surface area contributed by atoms with E-state index in [-0.39, 0.29) is 23.9 Å². The van der Waals surface area contributed by atoms with Crippen LogP contribution >= 0.6 is 0 Å². The van der Waals surface area contributed by atoms with Crippen LogP contribution in [0.1, 0.15) is 79.1 Å². The molecular weight excluding hydrogens is 416 g/mol. The lowest BCUT2D eigenvalue weighted by molar-refractivity contribution is -0.150. The van der Waals surface area contributed by atoms with Gasteiger partial charge < -0.3 is 20.0 Å². The summed E-state index contributed by atoms with van der Waals surface area (Å²) in [4.78, 5) is 45.4. The zero-order valence-electron chi connectivity index (χ0n) is 21.4. The van der Waals surface area contributed by atoms with E-state index in [1.54, 1.807) is 0 Å². The summed E-state index contributed by atoms with van der Waals surface area (Å²) in [6, 6.07) is -0.562. The summed E-state index contributed by atoms with van der Waals surface area (Å²) in [5.74, 6) is 1.60. The number of hydrogen-bond acceptors (Lipinski definition) is 4. The first kappa shape index (κ1) is 26.0. The Hall–Kier alpha value is -1.63. The number of carbonyl (C=O) groups is 3. The maximum Gasteiger partial charge on any atom is 0.245 e. The van der Waals surface area contributed by atoms with E-state index in [9.17, 15) is 14.4 Å². The molecule has 0 bridgehead atoms. The quantitative estimate of drug-likeness (QED) is 0.602. The zero-order chi connectivity index (χ0) is 24.0. The van der Waals surface area contributed by atoms with E-state index in [0.29, 0.717) is 56.1 Å². The highest BCUT2D eigenvalue weighted by Crippen LogP contribution is 2.26. The van der Waals surface area contributed by atoms with Gasteiger partial charge in [-0.3, -0.25) is 14.4 Å². The fraction of sp³-hybridized carbons (Fsp3) is 0.885. The molecule has 0 spiro atoms. The second kappa shape index (κ2) is 12.2. The van der Waals surface area contributed by atoms with Crippen molar-refractivity contribution in [2.75, 3.05) is 39.3 Å². The van der Waals surface area contributed by atoms with Gasteiger partial charge in [-0.25, -0.2) is 0 Å². The topological polar surface area (TPSA) is 73.0 Å². The van der Waals surface area contributed by atoms with Crippen molar-refractivity contribution in [2.24, 2.45) is 17.8 Å². The predicted octanol–water partition coefficient (Wildman–Crippen LogP) is 2.89. The molecule has 0 aliphatic carbocycles. The van der Waals surface area contributed by atoms with Crippen LogP contribution in [0.2, 0.25) is 0 Å². The number of piperidine rings is 2. The predicted molar refractivity (Wildman–Crippen MR) is 131 cm³/mol. The molecule has 33 heavy (non-hydrogen) atoms. The number of carbonyl (C=O) groups excluding carboxylic acids is 3. The van der Waals surface area contributed by atoms with E-state index in [1.807, 2.05) is 14.7 Å². The Morgan fingerprint density at radius 2 is 1.58 bits per heavy atom. The molecular formula is C26H46N4O3. The molecule has 7 heteroatoms. The number of hydrogen-bond donors (Lipinski definition) is 1. The van der Waals surface area contributed by atoms with Gasteiger partial charge >= 0.3 is 0 Å². The summed E-state index contributed by atoms with van der Waals surface area (Å²) in [7, 11) is 0. The molecule has 1 N–H and O–H groups in total. The van der Waals surface area contributed by atoms with Gasteiger partial charge in [0.1, 0.15) is 6.04 Å². The molecule has 3 rings (SSSR count). The highest BCUT2D eigenvalue weighted by molar-refractivity contribution is 5.90. The molecule has 0 aromatic carbocycles. The molecule has 188 valence electrons. The number of nitrogens with one attached hydrogen (secondary N) is 1. The molecule has 7 nitrogen and oxygen atoms in total. The van der Waals surface area contributed by atoms with Crippen LogP contribution in [0.3, 0.4) is 0 Å². The molecule has 3 aliphatic heterocycles. The van der Waals surface area contributed by atoms with Gasteiger partial charge in [0, 0.05) is 45.7 Å². The van der Waals surface area contributed by atoms with E-state index < -0.39 is 0 Å². The van der Waals surface area contributed by atoms with Gasteiger partial charge in [-0.15, -0.1) is 0 Å². The van der Waals surface area contributed by atoms with Crippen LogP contribution in [0, 0.1) is 17.8 Å². The number of piperazine rings is 1. The van der Waals surface area contributed by atoms with Crippen LogP contribution in [0.15, 0.2) is 0 Å². The maximum absolute atomic E-state index is 13.6. The Kier molecular flexibility index (Phi) is 9.59. The first-order valence-electron chi connectivity index (χ1n) is 13.4. The summed E-state index contributed by atoms with van der Waals surface area (Å²) in [5, 5.41) is 3.36. The molecule has 0 aromatic heterocycles. The summed E-state index contributed by atoms with van der Waals surface area (Å²) >= 11 is 0. The molecule has 3 heterocycles. The SMILES string of the molecule is CC(C)CC(C(=O)N1CCC(CC(=O)N2CCCCC2)CC1)N1CCN[C@@H](CC(C)C)C1=O. The van der Waals surface area contributed by atoms with Gasteiger partial charge in [-0.1, -0.05) is 27.7 Å². The normalized spacial score (nSPS) is 24.0. The Bertz CT molecular complexity index is 666. The average molecular weight is 463 g/mol. The second-order valence-electron chi connectivity index (χ2n) is 11.2. The minimum absolute atomic E-state index is 0.0796. The fourth-order valence-corrected chi connectivity index (χ4v) is 5.62. The van der Waals surface area contributed by atoms with E-state index in [0.717, 1.165) is 51.7 Å². The third-order valence-corrected chi connectivity index (χ3v) is 7.49. The highest BCUT2D eigenvalue weighted by atomic mass is 16.2. The summed E-state index contributed by atoms with van der Waals surface area (Å²) in [6.07, 6.45) is 7.36. The van der Waals surface area contributed by atoms with E-state index in [4.69, 9.17) is 0 Å². The number of likely N-dealkylation sites (tertiary alicyclic amines) is 2. The lowest BCUT2D eigenvalue weighted by Crippen LogP contribution is -2.62. The Morgan fingerprint density at radius 1 is 0.909 bits per heavy atom. The van der Waals surface area contributed by atoms with E-state index in [1.165, 1.54) is 6.42 Å². The Morgan fingerprint density at radius 3 is 2.18 bits per heavy atom. The van der Waals surface area contributed by atoms with Gasteiger partial charge in [0.05, 0.1) is 6.04 Å². The summed E-state index contributed by atoms with van der Waals surface area (Å²) < 4.78 is 0. The van der Waals surface area contributed by atoms with Crippen molar-refractivity contribution in [1.82, 2.24) is 20.0 Å². The third-order valence-electron chi connectivity index (χ3n) is 7.49. The Labute approximate surface area is 200 Å². The van der Waals surface area contributed by atoms with Crippen LogP contribution < -0.4 is 5.32 Å². The number of amides is 3. The Balaban J connectivity index is 1.57. The van der Waals surface area contributed by atoms with Crippen LogP contribution in [-0.2, 0) is 14.4 Å². The first-order valence-corrected chi connectivity index (χ1v) is 13.4. The first-order chi connectivity index (χ1) is 15.8. The van der Waals surface area contributed by atoms with Gasteiger partial charge in [0.15, 0.2) is 0 Å². The van der Waals surface area contributed by atoms with E-state index >= 15 is 0 Å². The summed E-state index contributed by atoms with van der Waals surface area (Å²) in [6.45, 7) is 13.0. The summed E-state index contributed by atoms with van der Waals surface area (Å²) in [5.41, 5.74) is 0. The van der Waals surface area contributed by atoms with Crippen LogP contribution in [0.5, 0.6) is 0 Å². The van der Waals surface area contributed by atoms with Crippen molar-refractivity contribution in [3.8, 4) is 0 Å². The van der Waals surface area contributed by atoms with Crippen molar-refractivity contribution < 1.29 is 14.4 Å². The number of rotatable bonds is 8. The van der Waals surface area contributed by atoms with Gasteiger partial charge in [-0.05, 0) is 62.7 Å². The van der Waals surface area contributed by atoms with Crippen LogP contribution in [-0.4, -0.2) is 83.8 Å². The largest absolute Gasteiger partial charge is 0.343 e. The minimum atomic E-state index is -0.374. The molecule has 0 aromatic rings. The molecule has 0 radical (unpaired) electrons. The van der Waals surface area contributed by atoms with Crippen molar-refractivity contribution >= 4 is 17.7 Å². The number of nitrogens with zero attached hydrogens (tertiary/aromatic N) is 3. The molecule has 0 saturated carbocycles. The lowest BCUT2D eigenvalue weighted by atomic mass is 9.91. The van der Waals surface area contributed by atoms with Crippen molar-refractivity contribution in [1.29, 1.82) is 0 Å².